The number of hydrogen-bond acceptors (Lipinski definition) is 10. The van der Waals surface area contributed by atoms with Crippen molar-refractivity contribution in [1.82, 2.24) is 24.6 Å². The van der Waals surface area contributed by atoms with E-state index in [-0.39, 0.29) is 31.2 Å². The number of H-pyrrole nitrogens is 1. The first-order chi connectivity index (χ1) is 18.1. The third kappa shape index (κ3) is 7.15. The fourth-order valence-electron chi connectivity index (χ4n) is 3.53. The molecule has 3 aromatic rings. The molecule has 0 bridgehead atoms. The van der Waals surface area contributed by atoms with Gasteiger partial charge in [0.2, 0.25) is 5.95 Å². The van der Waals surface area contributed by atoms with Crippen molar-refractivity contribution in [2.75, 3.05) is 18.9 Å². The number of carbonyl (C=O) groups excluding carboxylic acids is 2. The molecule has 2 unspecified atom stereocenters. The third-order valence-corrected chi connectivity index (χ3v) is 7.20. The van der Waals surface area contributed by atoms with Crippen LogP contribution in [0.1, 0.15) is 38.8 Å². The fourth-order valence-corrected chi connectivity index (χ4v) is 5.30. The van der Waals surface area contributed by atoms with Gasteiger partial charge in [0.05, 0.1) is 26.1 Å². The maximum atomic E-state index is 13.8. The summed E-state index contributed by atoms with van der Waals surface area (Å²) in [6.07, 6.45) is 1.87. The van der Waals surface area contributed by atoms with E-state index in [1.807, 2.05) is 12.1 Å². The zero-order chi connectivity index (χ0) is 27.9. The lowest BCUT2D eigenvalue weighted by Crippen LogP contribution is -2.35. The van der Waals surface area contributed by atoms with Gasteiger partial charge in [-0.3, -0.25) is 23.7 Å². The highest BCUT2D eigenvalue weighted by molar-refractivity contribution is 7.60. The van der Waals surface area contributed by atoms with Crippen molar-refractivity contribution < 1.29 is 28.2 Å². The van der Waals surface area contributed by atoms with Crippen LogP contribution in [-0.4, -0.2) is 56.8 Å². The second kappa shape index (κ2) is 12.6. The van der Waals surface area contributed by atoms with Crippen molar-refractivity contribution in [1.29, 1.82) is 0 Å². The van der Waals surface area contributed by atoms with Crippen molar-refractivity contribution in [3.63, 3.8) is 0 Å². The van der Waals surface area contributed by atoms with E-state index in [1.54, 1.807) is 36.6 Å². The smallest absolute Gasteiger partial charge is 0.335 e. The normalized spacial score (nSPS) is 14.7. The molecule has 0 spiro atoms. The highest BCUT2D eigenvalue weighted by atomic mass is 31.2. The molecule has 204 valence electrons. The predicted octanol–water partition coefficient (Wildman–Crippen LogP) is 2.42. The standard InChI is InChI=1S/C24H31N6O7P/c1-5-35-22(32)15(3)29-38(34,37-16(4)23(33)36-6-2)12-11-17-9-7-8-10-18(17)13-30-14-26-19-20(30)27-24(25)28-21(19)31/h7-12,14-16H,5-6,13H2,1-4H3,(H,29,34)(H3,25,27,28,31)/b12-11+/t15?,16-,38?/m0/s1. The molecule has 38 heavy (non-hydrogen) atoms. The van der Waals surface area contributed by atoms with Crippen molar-refractivity contribution in [3.05, 3.63) is 57.9 Å². The number of carbonyl (C=O) groups is 2. The Bertz CT molecular complexity index is 1400. The maximum Gasteiger partial charge on any atom is 0.335 e. The molecule has 0 amide bonds. The molecule has 0 aliphatic heterocycles. The number of esters is 2. The first-order valence-electron chi connectivity index (χ1n) is 11.9. The van der Waals surface area contributed by atoms with E-state index in [4.69, 9.17) is 19.7 Å². The Morgan fingerprint density at radius 3 is 2.58 bits per heavy atom. The molecule has 0 aliphatic rings. The molecular weight excluding hydrogens is 515 g/mol. The average molecular weight is 547 g/mol. The van der Waals surface area contributed by atoms with Crippen molar-refractivity contribution in [3.8, 4) is 0 Å². The monoisotopic (exact) mass is 546 g/mol. The lowest BCUT2D eigenvalue weighted by Gasteiger charge is -2.23. The number of hydrogen-bond donors (Lipinski definition) is 3. The van der Waals surface area contributed by atoms with Crippen LogP contribution in [0.25, 0.3) is 17.2 Å². The van der Waals surface area contributed by atoms with Crippen molar-refractivity contribution in [2.24, 2.45) is 0 Å². The van der Waals surface area contributed by atoms with Gasteiger partial charge in [0.25, 0.3) is 13.1 Å². The number of nitrogens with one attached hydrogen (secondary N) is 2. The van der Waals surface area contributed by atoms with Gasteiger partial charge < -0.3 is 19.8 Å². The number of aromatic amines is 1. The maximum absolute atomic E-state index is 13.8. The summed E-state index contributed by atoms with van der Waals surface area (Å²) < 4.78 is 31.0. The Morgan fingerprint density at radius 2 is 1.87 bits per heavy atom. The number of nitrogens with two attached hydrogens (primary N) is 1. The van der Waals surface area contributed by atoms with Crippen molar-refractivity contribution in [2.45, 2.75) is 46.4 Å². The first-order valence-corrected chi connectivity index (χ1v) is 13.6. The molecule has 0 radical (unpaired) electrons. The van der Waals surface area contributed by atoms with Crippen LogP contribution in [0.5, 0.6) is 0 Å². The molecule has 2 aromatic heterocycles. The fraction of sp³-hybridized carbons (Fsp3) is 0.375. The molecule has 13 nitrogen and oxygen atoms in total. The molecule has 1 aromatic carbocycles. The highest BCUT2D eigenvalue weighted by Crippen LogP contribution is 2.47. The topological polar surface area (TPSA) is 181 Å². The van der Waals surface area contributed by atoms with Gasteiger partial charge in [-0.15, -0.1) is 0 Å². The number of nitrogen functional groups attached to an aromatic ring is 1. The van der Waals surface area contributed by atoms with Gasteiger partial charge >= 0.3 is 11.9 Å². The number of nitrogens with zero attached hydrogens (tertiary/aromatic N) is 3. The number of imidazole rings is 1. The van der Waals surface area contributed by atoms with Crippen LogP contribution in [0, 0.1) is 0 Å². The Labute approximate surface area is 218 Å². The van der Waals surface area contributed by atoms with Crippen LogP contribution in [0.4, 0.5) is 5.95 Å². The lowest BCUT2D eigenvalue weighted by atomic mass is 10.1. The SMILES string of the molecule is CCOC(=O)C(C)NP(=O)(/C=C/c1ccccc1Cn1cnc2c(=O)[nH]c(N)nc21)O[C@@H](C)C(=O)OCC. The summed E-state index contributed by atoms with van der Waals surface area (Å²) in [7, 11) is -3.92. The number of aromatic nitrogens is 4. The van der Waals surface area contributed by atoms with E-state index in [9.17, 15) is 18.9 Å². The number of fused-ring (bicyclic) bond motifs is 1. The minimum Gasteiger partial charge on any atom is -0.465 e. The molecular formula is C24H31N6O7P. The van der Waals surface area contributed by atoms with E-state index in [1.165, 1.54) is 26.0 Å². The highest BCUT2D eigenvalue weighted by Gasteiger charge is 2.31. The largest absolute Gasteiger partial charge is 0.465 e. The lowest BCUT2D eigenvalue weighted by molar-refractivity contribution is -0.150. The third-order valence-electron chi connectivity index (χ3n) is 5.29. The number of rotatable bonds is 12. The van der Waals surface area contributed by atoms with Gasteiger partial charge in [-0.25, -0.2) is 14.9 Å². The Kier molecular flexibility index (Phi) is 9.56. The zero-order valence-corrected chi connectivity index (χ0v) is 22.4. The molecule has 2 heterocycles. The van der Waals surface area contributed by atoms with Crippen LogP contribution < -0.4 is 16.4 Å². The van der Waals surface area contributed by atoms with Gasteiger partial charge in [-0.1, -0.05) is 24.3 Å². The van der Waals surface area contributed by atoms with E-state index >= 15 is 0 Å². The summed E-state index contributed by atoms with van der Waals surface area (Å²) >= 11 is 0. The van der Waals surface area contributed by atoms with Gasteiger partial charge in [-0.2, -0.15) is 4.98 Å². The van der Waals surface area contributed by atoms with Crippen LogP contribution in [0.15, 0.2) is 41.2 Å². The van der Waals surface area contributed by atoms with Crippen LogP contribution in [0.3, 0.4) is 0 Å². The molecule has 3 rings (SSSR count). The number of benzene rings is 1. The van der Waals surface area contributed by atoms with E-state index in [0.717, 1.165) is 5.56 Å². The molecule has 3 atom stereocenters. The quantitative estimate of drug-likeness (QED) is 0.224. The molecule has 0 saturated carbocycles. The second-order valence-corrected chi connectivity index (χ2v) is 10.2. The Balaban J connectivity index is 1.93. The van der Waals surface area contributed by atoms with Gasteiger partial charge in [0, 0.05) is 5.82 Å². The summed E-state index contributed by atoms with van der Waals surface area (Å²) in [5.74, 6) is -0.0684. The van der Waals surface area contributed by atoms with Crippen LogP contribution in [-0.2, 0) is 34.7 Å². The molecule has 0 fully saturated rings. The van der Waals surface area contributed by atoms with Gasteiger partial charge in [-0.05, 0) is 44.9 Å². The van der Waals surface area contributed by atoms with E-state index in [2.05, 4.69) is 20.0 Å². The average Bonchev–Trinajstić information content (AvgIpc) is 3.26. The first kappa shape index (κ1) is 28.8. The van der Waals surface area contributed by atoms with E-state index in [0.29, 0.717) is 11.2 Å². The second-order valence-electron chi connectivity index (χ2n) is 8.21. The predicted molar refractivity (Wildman–Crippen MR) is 141 cm³/mol. The summed E-state index contributed by atoms with van der Waals surface area (Å²) in [5.41, 5.74) is 7.13. The molecule has 0 saturated heterocycles. The Hall–Kier alpha value is -3.80. The van der Waals surface area contributed by atoms with Gasteiger partial charge in [0.15, 0.2) is 17.3 Å². The number of anilines is 1. The van der Waals surface area contributed by atoms with Crippen LogP contribution in [0.2, 0.25) is 0 Å². The minimum absolute atomic E-state index is 0.0342. The van der Waals surface area contributed by atoms with E-state index < -0.39 is 37.2 Å². The van der Waals surface area contributed by atoms with Crippen LogP contribution >= 0.6 is 7.52 Å². The number of ether oxygens (including phenoxy) is 2. The molecule has 14 heteroatoms. The van der Waals surface area contributed by atoms with Gasteiger partial charge in [0.1, 0.15) is 6.04 Å². The summed E-state index contributed by atoms with van der Waals surface area (Å²) in [4.78, 5) is 47.1. The zero-order valence-electron chi connectivity index (χ0n) is 21.5. The molecule has 0 aliphatic carbocycles. The molecule has 4 N–H and O–H groups in total. The summed E-state index contributed by atoms with van der Waals surface area (Å²) in [6.45, 7) is 6.73. The minimum atomic E-state index is -3.92. The summed E-state index contributed by atoms with van der Waals surface area (Å²) in [5, 5.41) is 2.66. The summed E-state index contributed by atoms with van der Waals surface area (Å²) in [6, 6.07) is 6.25. The van der Waals surface area contributed by atoms with Crippen molar-refractivity contribution >= 4 is 42.6 Å². The Morgan fingerprint density at radius 1 is 1.18 bits per heavy atom.